The molecule has 106 valence electrons. The molecule has 3 heteroatoms. The third kappa shape index (κ3) is 3.54. The van der Waals surface area contributed by atoms with Gasteiger partial charge in [-0.3, -0.25) is 9.88 Å². The van der Waals surface area contributed by atoms with Crippen LogP contribution in [0.2, 0.25) is 0 Å². The summed E-state index contributed by atoms with van der Waals surface area (Å²) in [4.78, 5) is 7.12. The molecule has 1 aliphatic rings. The topological polar surface area (TPSA) is 42.2 Å². The van der Waals surface area contributed by atoms with Gasteiger partial charge in [-0.15, -0.1) is 0 Å². The van der Waals surface area contributed by atoms with Crippen LogP contribution in [-0.4, -0.2) is 28.5 Å². The summed E-state index contributed by atoms with van der Waals surface area (Å²) in [6, 6.07) is 7.17. The first kappa shape index (κ1) is 14.5. The summed E-state index contributed by atoms with van der Waals surface area (Å²) in [5, 5.41) is 0. The second-order valence-corrected chi connectivity index (χ2v) is 5.68. The van der Waals surface area contributed by atoms with Crippen molar-refractivity contribution in [1.29, 1.82) is 0 Å². The Morgan fingerprint density at radius 2 is 2.05 bits per heavy atom. The second-order valence-electron chi connectivity index (χ2n) is 5.68. The molecule has 2 unspecified atom stereocenters. The molecule has 1 aliphatic carbocycles. The van der Waals surface area contributed by atoms with Crippen LogP contribution >= 0.6 is 0 Å². The van der Waals surface area contributed by atoms with E-state index in [-0.39, 0.29) is 12.1 Å². The molecule has 2 rings (SSSR count). The highest BCUT2D eigenvalue weighted by Gasteiger charge is 2.30. The molecule has 0 saturated heterocycles. The zero-order chi connectivity index (χ0) is 13.7. The minimum Gasteiger partial charge on any atom is -0.326 e. The van der Waals surface area contributed by atoms with E-state index < -0.39 is 0 Å². The molecule has 1 heterocycles. The Morgan fingerprint density at radius 1 is 1.32 bits per heavy atom. The third-order valence-corrected chi connectivity index (χ3v) is 4.25. The Morgan fingerprint density at radius 3 is 2.58 bits per heavy atom. The van der Waals surface area contributed by atoms with E-state index in [1.807, 2.05) is 12.3 Å². The standard InChI is InChI=1S/C16H27N3/c1-3-19(14-9-5-4-6-10-14)16(13(2)17)15-11-7-8-12-18-15/h7-8,11-14,16H,3-6,9-10,17H2,1-2H3. The van der Waals surface area contributed by atoms with Crippen molar-refractivity contribution in [2.45, 2.75) is 64.1 Å². The van der Waals surface area contributed by atoms with Gasteiger partial charge in [-0.05, 0) is 38.4 Å². The van der Waals surface area contributed by atoms with Crippen molar-refractivity contribution in [2.75, 3.05) is 6.54 Å². The van der Waals surface area contributed by atoms with Crippen LogP contribution in [0.25, 0.3) is 0 Å². The fourth-order valence-electron chi connectivity index (χ4n) is 3.39. The number of likely N-dealkylation sites (N-methyl/N-ethyl adjacent to an activating group) is 1. The van der Waals surface area contributed by atoms with Crippen molar-refractivity contribution in [3.05, 3.63) is 30.1 Å². The molecule has 0 aromatic carbocycles. The van der Waals surface area contributed by atoms with Gasteiger partial charge in [0.1, 0.15) is 0 Å². The van der Waals surface area contributed by atoms with E-state index in [2.05, 4.69) is 35.9 Å². The average Bonchev–Trinajstić information content (AvgIpc) is 2.46. The lowest BCUT2D eigenvalue weighted by Gasteiger charge is -2.40. The van der Waals surface area contributed by atoms with Crippen LogP contribution in [0.5, 0.6) is 0 Å². The van der Waals surface area contributed by atoms with E-state index in [0.717, 1.165) is 12.2 Å². The van der Waals surface area contributed by atoms with Gasteiger partial charge in [0.25, 0.3) is 0 Å². The highest BCUT2D eigenvalue weighted by molar-refractivity contribution is 5.11. The molecule has 1 saturated carbocycles. The van der Waals surface area contributed by atoms with Crippen LogP contribution in [0, 0.1) is 0 Å². The molecule has 2 atom stereocenters. The zero-order valence-electron chi connectivity index (χ0n) is 12.3. The first-order valence-corrected chi connectivity index (χ1v) is 7.66. The number of hydrogen-bond donors (Lipinski definition) is 1. The van der Waals surface area contributed by atoms with Gasteiger partial charge in [-0.1, -0.05) is 32.3 Å². The quantitative estimate of drug-likeness (QED) is 0.885. The second kappa shape index (κ2) is 7.01. The smallest absolute Gasteiger partial charge is 0.0673 e. The van der Waals surface area contributed by atoms with Gasteiger partial charge in [0.2, 0.25) is 0 Å². The van der Waals surface area contributed by atoms with Gasteiger partial charge in [0.15, 0.2) is 0 Å². The fraction of sp³-hybridized carbons (Fsp3) is 0.688. The van der Waals surface area contributed by atoms with Crippen molar-refractivity contribution in [2.24, 2.45) is 5.73 Å². The zero-order valence-corrected chi connectivity index (χ0v) is 12.3. The van der Waals surface area contributed by atoms with Crippen molar-refractivity contribution in [3.8, 4) is 0 Å². The summed E-state index contributed by atoms with van der Waals surface area (Å²) in [6.45, 7) is 5.39. The Kier molecular flexibility index (Phi) is 5.34. The van der Waals surface area contributed by atoms with Gasteiger partial charge < -0.3 is 5.73 Å². The molecule has 1 aromatic rings. The van der Waals surface area contributed by atoms with Gasteiger partial charge in [0.05, 0.1) is 11.7 Å². The van der Waals surface area contributed by atoms with Crippen LogP contribution < -0.4 is 5.73 Å². The van der Waals surface area contributed by atoms with E-state index in [0.29, 0.717) is 6.04 Å². The highest BCUT2D eigenvalue weighted by Crippen LogP contribution is 2.30. The van der Waals surface area contributed by atoms with E-state index in [9.17, 15) is 0 Å². The third-order valence-electron chi connectivity index (χ3n) is 4.25. The molecule has 3 nitrogen and oxygen atoms in total. The monoisotopic (exact) mass is 261 g/mol. The highest BCUT2D eigenvalue weighted by atomic mass is 15.2. The Bertz CT molecular complexity index is 358. The molecule has 0 spiro atoms. The molecular weight excluding hydrogens is 234 g/mol. The number of nitrogens with two attached hydrogens (primary N) is 1. The number of rotatable bonds is 5. The van der Waals surface area contributed by atoms with Gasteiger partial charge in [-0.2, -0.15) is 0 Å². The Hall–Kier alpha value is -0.930. The predicted octanol–water partition coefficient (Wildman–Crippen LogP) is 3.12. The lowest BCUT2D eigenvalue weighted by molar-refractivity contribution is 0.0951. The summed E-state index contributed by atoms with van der Waals surface area (Å²) < 4.78 is 0. The van der Waals surface area contributed by atoms with Crippen molar-refractivity contribution < 1.29 is 0 Å². The maximum Gasteiger partial charge on any atom is 0.0673 e. The van der Waals surface area contributed by atoms with Crippen LogP contribution in [0.4, 0.5) is 0 Å². The largest absolute Gasteiger partial charge is 0.326 e. The normalized spacial score (nSPS) is 20.4. The average molecular weight is 261 g/mol. The molecule has 19 heavy (non-hydrogen) atoms. The molecule has 0 amide bonds. The van der Waals surface area contributed by atoms with Gasteiger partial charge >= 0.3 is 0 Å². The lowest BCUT2D eigenvalue weighted by Crippen LogP contribution is -2.46. The molecule has 2 N–H and O–H groups in total. The lowest BCUT2D eigenvalue weighted by atomic mass is 9.91. The van der Waals surface area contributed by atoms with Crippen molar-refractivity contribution in [1.82, 2.24) is 9.88 Å². The van der Waals surface area contributed by atoms with Gasteiger partial charge in [0, 0.05) is 18.3 Å². The van der Waals surface area contributed by atoms with Crippen LogP contribution in [0.1, 0.15) is 57.7 Å². The minimum absolute atomic E-state index is 0.108. The first-order chi connectivity index (χ1) is 9.24. The minimum atomic E-state index is 0.108. The van der Waals surface area contributed by atoms with E-state index in [1.54, 1.807) is 0 Å². The number of hydrogen-bond acceptors (Lipinski definition) is 3. The molecule has 1 fully saturated rings. The SMILES string of the molecule is CCN(C1CCCCC1)C(c1ccccn1)C(C)N. The fourth-order valence-corrected chi connectivity index (χ4v) is 3.39. The number of aromatic nitrogens is 1. The summed E-state index contributed by atoms with van der Waals surface area (Å²) in [5.74, 6) is 0. The molecule has 0 radical (unpaired) electrons. The maximum absolute atomic E-state index is 6.27. The number of nitrogens with zero attached hydrogens (tertiary/aromatic N) is 2. The summed E-state index contributed by atoms with van der Waals surface area (Å²) >= 11 is 0. The van der Waals surface area contributed by atoms with Crippen LogP contribution in [0.15, 0.2) is 24.4 Å². The number of pyridine rings is 1. The molecule has 0 bridgehead atoms. The molecule has 0 aliphatic heterocycles. The van der Waals surface area contributed by atoms with Crippen LogP contribution in [-0.2, 0) is 0 Å². The van der Waals surface area contributed by atoms with Crippen molar-refractivity contribution in [3.63, 3.8) is 0 Å². The van der Waals surface area contributed by atoms with Gasteiger partial charge in [-0.25, -0.2) is 0 Å². The summed E-state index contributed by atoms with van der Waals surface area (Å²) in [5.41, 5.74) is 7.39. The van der Waals surface area contributed by atoms with E-state index in [4.69, 9.17) is 5.73 Å². The van der Waals surface area contributed by atoms with E-state index >= 15 is 0 Å². The maximum atomic E-state index is 6.27. The summed E-state index contributed by atoms with van der Waals surface area (Å²) in [7, 11) is 0. The molecular formula is C16H27N3. The summed E-state index contributed by atoms with van der Waals surface area (Å²) in [6.07, 6.45) is 8.60. The van der Waals surface area contributed by atoms with Crippen molar-refractivity contribution >= 4 is 0 Å². The predicted molar refractivity (Wildman–Crippen MR) is 79.9 cm³/mol. The van der Waals surface area contributed by atoms with E-state index in [1.165, 1.54) is 32.1 Å². The Balaban J connectivity index is 2.20. The first-order valence-electron chi connectivity index (χ1n) is 7.66. The molecule has 1 aromatic heterocycles. The Labute approximate surface area is 117 Å². The van der Waals surface area contributed by atoms with Crippen LogP contribution in [0.3, 0.4) is 0 Å².